The molecule has 2 fully saturated rings. The zero-order chi connectivity index (χ0) is 15.8. The Labute approximate surface area is 136 Å². The third kappa shape index (κ3) is 5.35. The van der Waals surface area contributed by atoms with Crippen molar-refractivity contribution in [2.75, 3.05) is 25.5 Å². The summed E-state index contributed by atoms with van der Waals surface area (Å²) >= 11 is 1.93. The van der Waals surface area contributed by atoms with E-state index in [1.54, 1.807) is 0 Å². The summed E-state index contributed by atoms with van der Waals surface area (Å²) in [5.74, 6) is 1.12. The van der Waals surface area contributed by atoms with Crippen molar-refractivity contribution in [3.63, 3.8) is 0 Å². The molecule has 3 amide bonds. The predicted octanol–water partition coefficient (Wildman–Crippen LogP) is 1.26. The summed E-state index contributed by atoms with van der Waals surface area (Å²) in [5.41, 5.74) is 0. The first-order valence-electron chi connectivity index (χ1n) is 8.23. The van der Waals surface area contributed by atoms with Crippen LogP contribution in [0.5, 0.6) is 0 Å². The summed E-state index contributed by atoms with van der Waals surface area (Å²) in [4.78, 5) is 23.0. The van der Waals surface area contributed by atoms with Gasteiger partial charge >= 0.3 is 6.03 Å². The number of carbonyl (C=O) groups is 2. The minimum Gasteiger partial charge on any atom is -0.382 e. The van der Waals surface area contributed by atoms with Crippen LogP contribution in [0.1, 0.15) is 39.0 Å². The molecule has 2 heterocycles. The molecule has 2 aliphatic heterocycles. The second-order valence-electron chi connectivity index (χ2n) is 5.77. The van der Waals surface area contributed by atoms with Gasteiger partial charge in [-0.3, -0.25) is 4.79 Å². The third-order valence-electron chi connectivity index (χ3n) is 4.07. The highest BCUT2D eigenvalue weighted by Crippen LogP contribution is 2.33. The number of fused-ring (bicyclic) bond motifs is 1. The van der Waals surface area contributed by atoms with Gasteiger partial charge in [0.2, 0.25) is 5.91 Å². The lowest BCUT2D eigenvalue weighted by Crippen LogP contribution is -2.36. The zero-order valence-electron chi connectivity index (χ0n) is 13.2. The summed E-state index contributed by atoms with van der Waals surface area (Å²) in [6, 6.07) is 0.521. The van der Waals surface area contributed by atoms with Crippen LogP contribution in [0.2, 0.25) is 0 Å². The molecule has 7 heteroatoms. The molecule has 2 aliphatic rings. The fourth-order valence-electron chi connectivity index (χ4n) is 2.91. The van der Waals surface area contributed by atoms with Crippen LogP contribution >= 0.6 is 11.8 Å². The van der Waals surface area contributed by atoms with Crippen LogP contribution < -0.4 is 16.0 Å². The minimum atomic E-state index is -0.0354. The molecule has 2 saturated heterocycles. The number of ether oxygens (including phenoxy) is 1. The molecule has 126 valence electrons. The van der Waals surface area contributed by atoms with Gasteiger partial charge in [0.1, 0.15) is 0 Å². The van der Waals surface area contributed by atoms with Crippen LogP contribution in [0, 0.1) is 0 Å². The van der Waals surface area contributed by atoms with Crippen molar-refractivity contribution in [1.29, 1.82) is 0 Å². The Bertz CT molecular complexity index is 381. The first-order valence-corrected chi connectivity index (χ1v) is 9.28. The largest absolute Gasteiger partial charge is 0.382 e. The molecule has 0 saturated carbocycles. The average molecular weight is 329 g/mol. The molecule has 2 rings (SSSR count). The number of thioether (sulfide) groups is 1. The number of unbranched alkanes of at least 4 members (excludes halogenated alkanes) is 1. The zero-order valence-corrected chi connectivity index (χ0v) is 14.0. The maximum absolute atomic E-state index is 11.7. The van der Waals surface area contributed by atoms with Gasteiger partial charge < -0.3 is 20.7 Å². The summed E-state index contributed by atoms with van der Waals surface area (Å²) in [6.07, 6.45) is 4.46. The molecule has 3 atom stereocenters. The van der Waals surface area contributed by atoms with E-state index in [1.807, 2.05) is 18.7 Å². The molecule has 0 aromatic heterocycles. The highest BCUT2D eigenvalue weighted by atomic mass is 32.2. The number of nitrogens with one attached hydrogen (secondary N) is 3. The molecule has 0 aliphatic carbocycles. The van der Waals surface area contributed by atoms with Crippen molar-refractivity contribution in [2.45, 2.75) is 56.4 Å². The Morgan fingerprint density at radius 2 is 2.23 bits per heavy atom. The number of carbonyl (C=O) groups excluding carboxylic acids is 2. The normalized spacial score (nSPS) is 26.4. The van der Waals surface area contributed by atoms with Crippen LogP contribution in [0.3, 0.4) is 0 Å². The van der Waals surface area contributed by atoms with Gasteiger partial charge in [0.05, 0.1) is 12.1 Å². The van der Waals surface area contributed by atoms with E-state index in [4.69, 9.17) is 4.74 Å². The summed E-state index contributed by atoms with van der Waals surface area (Å²) in [5, 5.41) is 9.35. The molecule has 0 spiro atoms. The van der Waals surface area contributed by atoms with Crippen LogP contribution in [0.15, 0.2) is 0 Å². The number of urea groups is 1. The van der Waals surface area contributed by atoms with Crippen LogP contribution in [-0.2, 0) is 9.53 Å². The quantitative estimate of drug-likeness (QED) is 0.416. The lowest BCUT2D eigenvalue weighted by atomic mass is 10.0. The van der Waals surface area contributed by atoms with Crippen LogP contribution in [-0.4, -0.2) is 54.8 Å². The van der Waals surface area contributed by atoms with Crippen molar-refractivity contribution >= 4 is 23.7 Å². The number of amides is 3. The molecule has 0 radical (unpaired) electrons. The maximum atomic E-state index is 11.7. The smallest absolute Gasteiger partial charge is 0.315 e. The van der Waals surface area contributed by atoms with E-state index in [1.165, 1.54) is 0 Å². The lowest BCUT2D eigenvalue weighted by molar-refractivity contribution is -0.121. The second kappa shape index (κ2) is 9.25. The Morgan fingerprint density at radius 3 is 3.05 bits per heavy atom. The Morgan fingerprint density at radius 1 is 1.36 bits per heavy atom. The van der Waals surface area contributed by atoms with Crippen molar-refractivity contribution in [3.8, 4) is 0 Å². The molecule has 0 unspecified atom stereocenters. The molecule has 6 nitrogen and oxygen atoms in total. The number of hydrogen-bond donors (Lipinski definition) is 3. The van der Waals surface area contributed by atoms with Crippen molar-refractivity contribution in [3.05, 3.63) is 0 Å². The summed E-state index contributed by atoms with van der Waals surface area (Å²) in [6.45, 7) is 4.10. The monoisotopic (exact) mass is 329 g/mol. The Kier molecular flexibility index (Phi) is 7.32. The topological polar surface area (TPSA) is 79.5 Å². The third-order valence-corrected chi connectivity index (χ3v) is 5.58. The molecular weight excluding hydrogens is 302 g/mol. The molecule has 22 heavy (non-hydrogen) atoms. The van der Waals surface area contributed by atoms with E-state index >= 15 is 0 Å². The molecule has 3 N–H and O–H groups in total. The predicted molar refractivity (Wildman–Crippen MR) is 88.1 cm³/mol. The van der Waals surface area contributed by atoms with Crippen LogP contribution in [0.25, 0.3) is 0 Å². The van der Waals surface area contributed by atoms with E-state index in [2.05, 4.69) is 16.0 Å². The Hall–Kier alpha value is -0.950. The lowest BCUT2D eigenvalue weighted by Gasteiger charge is -2.16. The average Bonchev–Trinajstić information content (AvgIpc) is 3.03. The van der Waals surface area contributed by atoms with Crippen molar-refractivity contribution < 1.29 is 14.3 Å². The van der Waals surface area contributed by atoms with Crippen molar-refractivity contribution in [2.24, 2.45) is 0 Å². The highest BCUT2D eigenvalue weighted by Gasteiger charge is 2.42. The molecule has 0 aromatic rings. The van der Waals surface area contributed by atoms with E-state index in [0.29, 0.717) is 24.8 Å². The fraction of sp³-hybridized carbons (Fsp3) is 0.867. The summed E-state index contributed by atoms with van der Waals surface area (Å²) < 4.78 is 5.22. The van der Waals surface area contributed by atoms with Crippen molar-refractivity contribution in [1.82, 2.24) is 16.0 Å². The Balaban J connectivity index is 1.49. The number of rotatable bonds is 10. The SMILES string of the molecule is CCOCCCNC(=O)CCCC[C@@H]1SC[C@@H]2NC(=O)N[C@@H]21. The van der Waals surface area contributed by atoms with Gasteiger partial charge in [-0.1, -0.05) is 6.42 Å². The van der Waals surface area contributed by atoms with E-state index < -0.39 is 0 Å². The van der Waals surface area contributed by atoms with E-state index in [-0.39, 0.29) is 24.0 Å². The van der Waals surface area contributed by atoms with Gasteiger partial charge in [0.25, 0.3) is 0 Å². The van der Waals surface area contributed by atoms with E-state index in [9.17, 15) is 9.59 Å². The highest BCUT2D eigenvalue weighted by molar-refractivity contribution is 8.00. The first kappa shape index (κ1) is 17.4. The van der Waals surface area contributed by atoms with E-state index in [0.717, 1.165) is 38.0 Å². The molecule has 0 aromatic carbocycles. The summed E-state index contributed by atoms with van der Waals surface area (Å²) in [7, 11) is 0. The van der Waals surface area contributed by atoms with Gasteiger partial charge in [-0.25, -0.2) is 4.79 Å². The minimum absolute atomic E-state index is 0.0354. The molecular formula is C15H27N3O3S. The second-order valence-corrected chi connectivity index (χ2v) is 7.04. The fourth-order valence-corrected chi connectivity index (χ4v) is 4.45. The maximum Gasteiger partial charge on any atom is 0.315 e. The van der Waals surface area contributed by atoms with Gasteiger partial charge in [-0.15, -0.1) is 0 Å². The molecule has 0 bridgehead atoms. The standard InChI is InChI=1S/C15H27N3O3S/c1-2-21-9-5-8-16-13(19)7-4-3-6-12-14-11(10-22-12)17-15(20)18-14/h11-12,14H,2-10H2,1H3,(H,16,19)(H2,17,18,20)/t11-,12-,14-/m0/s1. The van der Waals surface area contributed by atoms with Gasteiger partial charge in [0.15, 0.2) is 0 Å². The van der Waals surface area contributed by atoms with Crippen LogP contribution in [0.4, 0.5) is 4.79 Å². The van der Waals surface area contributed by atoms with Gasteiger partial charge in [0, 0.05) is 37.2 Å². The van der Waals surface area contributed by atoms with Gasteiger partial charge in [-0.2, -0.15) is 11.8 Å². The number of hydrogen-bond acceptors (Lipinski definition) is 4. The first-order chi connectivity index (χ1) is 10.7. The van der Waals surface area contributed by atoms with Gasteiger partial charge in [-0.05, 0) is 26.2 Å².